The highest BCUT2D eigenvalue weighted by molar-refractivity contribution is 5.67. The van der Waals surface area contributed by atoms with Gasteiger partial charge in [-0.25, -0.2) is 0 Å². The van der Waals surface area contributed by atoms with E-state index >= 15 is 0 Å². The molecule has 0 unspecified atom stereocenters. The third-order valence-electron chi connectivity index (χ3n) is 3.50. The largest absolute Gasteiger partial charge is 0.371 e. The molecule has 0 fully saturated rings. The van der Waals surface area contributed by atoms with Gasteiger partial charge < -0.3 is 5.32 Å². The van der Waals surface area contributed by atoms with Crippen molar-refractivity contribution >= 4 is 5.82 Å². The lowest BCUT2D eigenvalue weighted by Gasteiger charge is -2.11. The zero-order chi connectivity index (χ0) is 13.8. The zero-order valence-corrected chi connectivity index (χ0v) is 12.1. The minimum Gasteiger partial charge on any atom is -0.371 e. The standard InChI is InChI=1S/C16H21N3/c1-5-7-13-8-6-9-14(10-13)15-11(2)12(3)16(17-4)19-18-15/h6,8-10H,5,7H2,1-4H3,(H,17,19). The topological polar surface area (TPSA) is 37.8 Å². The number of aromatic nitrogens is 2. The lowest BCUT2D eigenvalue weighted by Crippen LogP contribution is -2.02. The van der Waals surface area contributed by atoms with Gasteiger partial charge in [-0.2, -0.15) is 0 Å². The van der Waals surface area contributed by atoms with Gasteiger partial charge in [0.25, 0.3) is 0 Å². The first-order valence-corrected chi connectivity index (χ1v) is 6.78. The summed E-state index contributed by atoms with van der Waals surface area (Å²) in [4.78, 5) is 0. The van der Waals surface area contributed by atoms with Crippen molar-refractivity contribution in [2.45, 2.75) is 33.6 Å². The lowest BCUT2D eigenvalue weighted by molar-refractivity contribution is 0.921. The molecule has 1 aromatic heterocycles. The monoisotopic (exact) mass is 255 g/mol. The first-order chi connectivity index (χ1) is 9.17. The molecule has 0 atom stereocenters. The summed E-state index contributed by atoms with van der Waals surface area (Å²) in [6.07, 6.45) is 2.26. The Bertz CT molecular complexity index is 576. The highest BCUT2D eigenvalue weighted by atomic mass is 15.2. The molecular formula is C16H21N3. The number of aryl methyl sites for hydroxylation is 1. The van der Waals surface area contributed by atoms with Crippen molar-refractivity contribution in [3.8, 4) is 11.3 Å². The Labute approximate surface area is 115 Å². The maximum Gasteiger partial charge on any atom is 0.151 e. The minimum absolute atomic E-state index is 0.853. The number of hydrogen-bond donors (Lipinski definition) is 1. The predicted molar refractivity (Wildman–Crippen MR) is 80.5 cm³/mol. The number of anilines is 1. The SMILES string of the molecule is CCCc1cccc(-c2nnc(NC)c(C)c2C)c1. The summed E-state index contributed by atoms with van der Waals surface area (Å²) in [6.45, 7) is 6.38. The second-order valence-electron chi connectivity index (χ2n) is 4.85. The van der Waals surface area contributed by atoms with Crippen molar-refractivity contribution in [1.29, 1.82) is 0 Å². The van der Waals surface area contributed by atoms with Gasteiger partial charge >= 0.3 is 0 Å². The third-order valence-corrected chi connectivity index (χ3v) is 3.50. The number of nitrogens with zero attached hydrogens (tertiary/aromatic N) is 2. The minimum atomic E-state index is 0.853. The molecule has 2 rings (SSSR count). The molecule has 3 heteroatoms. The molecule has 1 aromatic carbocycles. The molecule has 0 saturated heterocycles. The lowest BCUT2D eigenvalue weighted by atomic mass is 10.0. The Morgan fingerprint density at radius 3 is 2.58 bits per heavy atom. The van der Waals surface area contributed by atoms with E-state index in [0.29, 0.717) is 0 Å². The van der Waals surface area contributed by atoms with E-state index in [9.17, 15) is 0 Å². The van der Waals surface area contributed by atoms with E-state index in [0.717, 1.165) is 35.5 Å². The fraction of sp³-hybridized carbons (Fsp3) is 0.375. The van der Waals surface area contributed by atoms with Crippen LogP contribution in [0.3, 0.4) is 0 Å². The van der Waals surface area contributed by atoms with Gasteiger partial charge in [-0.05, 0) is 43.0 Å². The fourth-order valence-corrected chi connectivity index (χ4v) is 2.28. The van der Waals surface area contributed by atoms with Crippen molar-refractivity contribution in [1.82, 2.24) is 10.2 Å². The summed E-state index contributed by atoms with van der Waals surface area (Å²) in [5, 5.41) is 11.7. The highest BCUT2D eigenvalue weighted by Crippen LogP contribution is 2.26. The predicted octanol–water partition coefficient (Wildman–Crippen LogP) is 3.75. The fourth-order valence-electron chi connectivity index (χ4n) is 2.28. The third kappa shape index (κ3) is 2.75. The van der Waals surface area contributed by atoms with E-state index in [1.807, 2.05) is 7.05 Å². The van der Waals surface area contributed by atoms with Crippen LogP contribution in [-0.2, 0) is 6.42 Å². The summed E-state index contributed by atoms with van der Waals surface area (Å²) < 4.78 is 0. The van der Waals surface area contributed by atoms with Crippen LogP contribution < -0.4 is 5.32 Å². The van der Waals surface area contributed by atoms with Gasteiger partial charge in [0.1, 0.15) is 0 Å². The summed E-state index contributed by atoms with van der Waals surface area (Å²) in [5.74, 6) is 0.853. The van der Waals surface area contributed by atoms with Crippen LogP contribution in [0.15, 0.2) is 24.3 Å². The number of rotatable bonds is 4. The normalized spacial score (nSPS) is 10.5. The van der Waals surface area contributed by atoms with Crippen molar-refractivity contribution < 1.29 is 0 Å². The smallest absolute Gasteiger partial charge is 0.151 e. The molecule has 0 spiro atoms. The molecule has 19 heavy (non-hydrogen) atoms. The molecule has 0 radical (unpaired) electrons. The van der Waals surface area contributed by atoms with Crippen molar-refractivity contribution in [2.24, 2.45) is 0 Å². The van der Waals surface area contributed by atoms with Crippen LogP contribution in [0.25, 0.3) is 11.3 Å². The van der Waals surface area contributed by atoms with Gasteiger partial charge in [-0.15, -0.1) is 10.2 Å². The Kier molecular flexibility index (Phi) is 4.15. The first kappa shape index (κ1) is 13.5. The summed E-state index contributed by atoms with van der Waals surface area (Å²) >= 11 is 0. The van der Waals surface area contributed by atoms with Crippen LogP contribution in [0.5, 0.6) is 0 Å². The van der Waals surface area contributed by atoms with Crippen LogP contribution in [0.4, 0.5) is 5.82 Å². The highest BCUT2D eigenvalue weighted by Gasteiger charge is 2.10. The second-order valence-corrected chi connectivity index (χ2v) is 4.85. The summed E-state index contributed by atoms with van der Waals surface area (Å²) in [5.41, 5.74) is 5.84. The van der Waals surface area contributed by atoms with E-state index < -0.39 is 0 Å². The van der Waals surface area contributed by atoms with Crippen molar-refractivity contribution in [2.75, 3.05) is 12.4 Å². The number of nitrogens with one attached hydrogen (secondary N) is 1. The molecule has 0 aliphatic heterocycles. The van der Waals surface area contributed by atoms with E-state index in [1.54, 1.807) is 0 Å². The average molecular weight is 255 g/mol. The van der Waals surface area contributed by atoms with Crippen molar-refractivity contribution in [3.05, 3.63) is 41.0 Å². The molecule has 0 aliphatic rings. The van der Waals surface area contributed by atoms with Crippen LogP contribution in [-0.4, -0.2) is 17.2 Å². The Balaban J connectivity index is 2.47. The molecule has 0 bridgehead atoms. The van der Waals surface area contributed by atoms with Crippen LogP contribution in [0.2, 0.25) is 0 Å². The van der Waals surface area contributed by atoms with E-state index in [2.05, 4.69) is 60.6 Å². The Morgan fingerprint density at radius 2 is 1.89 bits per heavy atom. The molecule has 1 N–H and O–H groups in total. The molecule has 0 saturated carbocycles. The number of hydrogen-bond acceptors (Lipinski definition) is 3. The van der Waals surface area contributed by atoms with Gasteiger partial charge in [-0.1, -0.05) is 31.5 Å². The first-order valence-electron chi connectivity index (χ1n) is 6.78. The van der Waals surface area contributed by atoms with Gasteiger partial charge in [0.15, 0.2) is 5.82 Å². The molecule has 1 heterocycles. The maximum absolute atomic E-state index is 4.37. The van der Waals surface area contributed by atoms with Gasteiger partial charge in [0.2, 0.25) is 0 Å². The van der Waals surface area contributed by atoms with E-state index in [4.69, 9.17) is 0 Å². The molecule has 100 valence electrons. The second kappa shape index (κ2) is 5.83. The van der Waals surface area contributed by atoms with Gasteiger partial charge in [-0.3, -0.25) is 0 Å². The Hall–Kier alpha value is -1.90. The number of benzene rings is 1. The maximum atomic E-state index is 4.37. The van der Waals surface area contributed by atoms with Crippen molar-refractivity contribution in [3.63, 3.8) is 0 Å². The van der Waals surface area contributed by atoms with Crippen LogP contribution >= 0.6 is 0 Å². The Morgan fingerprint density at radius 1 is 1.11 bits per heavy atom. The van der Waals surface area contributed by atoms with Crippen LogP contribution in [0, 0.1) is 13.8 Å². The summed E-state index contributed by atoms with van der Waals surface area (Å²) in [7, 11) is 1.87. The van der Waals surface area contributed by atoms with Gasteiger partial charge in [0, 0.05) is 12.6 Å². The molecule has 3 nitrogen and oxygen atoms in total. The zero-order valence-electron chi connectivity index (χ0n) is 12.1. The molecule has 0 amide bonds. The van der Waals surface area contributed by atoms with Crippen LogP contribution in [0.1, 0.15) is 30.0 Å². The van der Waals surface area contributed by atoms with Gasteiger partial charge in [0.05, 0.1) is 5.69 Å². The summed E-state index contributed by atoms with van der Waals surface area (Å²) in [6, 6.07) is 8.60. The van der Waals surface area contributed by atoms with E-state index in [-0.39, 0.29) is 0 Å². The average Bonchev–Trinajstić information content (AvgIpc) is 2.42. The molecule has 2 aromatic rings. The molecule has 0 aliphatic carbocycles. The van der Waals surface area contributed by atoms with E-state index in [1.165, 1.54) is 11.1 Å². The molecular weight excluding hydrogens is 234 g/mol. The quantitative estimate of drug-likeness (QED) is 0.904.